The van der Waals surface area contributed by atoms with Gasteiger partial charge in [0.2, 0.25) is 17.7 Å². The van der Waals surface area contributed by atoms with Gasteiger partial charge in [0, 0.05) is 37.1 Å². The molecular weight excluding hydrogens is 308 g/mol. The van der Waals surface area contributed by atoms with Gasteiger partial charge in [0.25, 0.3) is 0 Å². The summed E-state index contributed by atoms with van der Waals surface area (Å²) in [4.78, 5) is 35.8. The first kappa shape index (κ1) is 16.5. The van der Waals surface area contributed by atoms with Crippen LogP contribution in [0.1, 0.15) is 24.5 Å². The van der Waals surface area contributed by atoms with Crippen LogP contribution in [0.3, 0.4) is 0 Å². The smallest absolute Gasteiger partial charge is 0.240 e. The van der Waals surface area contributed by atoms with Crippen molar-refractivity contribution in [1.82, 2.24) is 10.2 Å². The molecule has 0 aromatic heterocycles. The fourth-order valence-electron chi connectivity index (χ4n) is 2.26. The third kappa shape index (κ3) is 3.84. The predicted octanol–water partition coefficient (Wildman–Crippen LogP) is 1.29. The fraction of sp³-hybridized carbons (Fsp3) is 0.400. The Kier molecular flexibility index (Phi) is 5.51. The molecule has 22 heavy (non-hydrogen) atoms. The van der Waals surface area contributed by atoms with Crippen molar-refractivity contribution in [1.29, 1.82) is 0 Å². The Bertz CT molecular complexity index is 575. The van der Waals surface area contributed by atoms with Crippen molar-refractivity contribution in [3.05, 3.63) is 34.9 Å². The molecule has 1 atom stereocenters. The number of nitrogens with zero attached hydrogens (tertiary/aromatic N) is 1. The summed E-state index contributed by atoms with van der Waals surface area (Å²) in [5, 5.41) is 3.21. The normalized spacial score (nSPS) is 16.0. The number of likely N-dealkylation sites (tertiary alicyclic amines) is 1. The van der Waals surface area contributed by atoms with Gasteiger partial charge in [-0.15, -0.1) is 0 Å². The van der Waals surface area contributed by atoms with Crippen LogP contribution in [-0.2, 0) is 19.1 Å². The highest BCUT2D eigenvalue weighted by atomic mass is 35.5. The third-order valence-electron chi connectivity index (χ3n) is 3.48. The lowest BCUT2D eigenvalue weighted by atomic mass is 10.1. The number of carbonyl (C=O) groups is 3. The average molecular weight is 325 g/mol. The molecule has 1 heterocycles. The highest BCUT2D eigenvalue weighted by Gasteiger charge is 2.30. The van der Waals surface area contributed by atoms with Gasteiger partial charge in [0.1, 0.15) is 12.6 Å². The van der Waals surface area contributed by atoms with E-state index in [2.05, 4.69) is 5.32 Å². The monoisotopic (exact) mass is 324 g/mol. The highest BCUT2D eigenvalue weighted by molar-refractivity contribution is 6.31. The van der Waals surface area contributed by atoms with Crippen LogP contribution < -0.4 is 5.32 Å². The van der Waals surface area contributed by atoms with E-state index in [1.807, 2.05) is 18.2 Å². The Hall–Kier alpha value is -1.92. The molecule has 1 fully saturated rings. The van der Waals surface area contributed by atoms with E-state index in [9.17, 15) is 14.4 Å². The molecule has 1 N–H and O–H groups in total. The van der Waals surface area contributed by atoms with Crippen LogP contribution in [0.4, 0.5) is 0 Å². The van der Waals surface area contributed by atoms with E-state index >= 15 is 0 Å². The van der Waals surface area contributed by atoms with Crippen molar-refractivity contribution in [3.8, 4) is 0 Å². The van der Waals surface area contributed by atoms with Gasteiger partial charge in [-0.3, -0.25) is 19.3 Å². The fourth-order valence-corrected chi connectivity index (χ4v) is 2.52. The molecule has 1 aromatic rings. The zero-order valence-corrected chi connectivity index (χ0v) is 12.9. The number of carbonyl (C=O) groups excluding carboxylic acids is 3. The molecular formula is C15H17ClN2O4. The quantitative estimate of drug-likeness (QED) is 0.800. The van der Waals surface area contributed by atoms with Crippen LogP contribution in [0.5, 0.6) is 0 Å². The van der Waals surface area contributed by atoms with Gasteiger partial charge in [0.05, 0.1) is 0 Å². The molecule has 1 saturated heterocycles. The van der Waals surface area contributed by atoms with Crippen LogP contribution in [0.15, 0.2) is 24.3 Å². The van der Waals surface area contributed by atoms with Crippen molar-refractivity contribution in [2.45, 2.75) is 18.9 Å². The summed E-state index contributed by atoms with van der Waals surface area (Å²) in [7, 11) is 1.52. The second-order valence-electron chi connectivity index (χ2n) is 4.92. The summed E-state index contributed by atoms with van der Waals surface area (Å²) in [5.41, 5.74) is 0.764. The van der Waals surface area contributed by atoms with Crippen LogP contribution in [0.25, 0.3) is 0 Å². The lowest BCUT2D eigenvalue weighted by Gasteiger charge is -2.19. The number of amides is 3. The van der Waals surface area contributed by atoms with E-state index in [1.54, 1.807) is 6.07 Å². The molecule has 1 aliphatic heterocycles. The van der Waals surface area contributed by atoms with Crippen molar-refractivity contribution in [2.24, 2.45) is 0 Å². The maximum atomic E-state index is 11.9. The number of nitrogens with one attached hydrogen (secondary N) is 1. The number of hydrogen-bond donors (Lipinski definition) is 1. The summed E-state index contributed by atoms with van der Waals surface area (Å²) in [6.07, 6.45) is -0.0542. The number of methoxy groups -OCH3 is 1. The predicted molar refractivity (Wildman–Crippen MR) is 80.2 cm³/mol. The molecule has 6 nitrogen and oxygen atoms in total. The van der Waals surface area contributed by atoms with Crippen LogP contribution in [0.2, 0.25) is 5.02 Å². The van der Waals surface area contributed by atoms with Gasteiger partial charge < -0.3 is 10.1 Å². The first-order valence-corrected chi connectivity index (χ1v) is 7.28. The molecule has 0 unspecified atom stereocenters. The van der Waals surface area contributed by atoms with Crippen LogP contribution >= 0.6 is 11.6 Å². The van der Waals surface area contributed by atoms with E-state index < -0.39 is 12.0 Å². The van der Waals surface area contributed by atoms with Crippen molar-refractivity contribution in [3.63, 3.8) is 0 Å². The minimum absolute atomic E-state index is 0.173. The molecule has 3 amide bonds. The van der Waals surface area contributed by atoms with Crippen molar-refractivity contribution >= 4 is 29.3 Å². The summed E-state index contributed by atoms with van der Waals surface area (Å²) in [5.74, 6) is -1.03. The first-order chi connectivity index (χ1) is 10.5. The number of rotatable bonds is 6. The Morgan fingerprint density at radius 1 is 1.32 bits per heavy atom. The molecule has 0 radical (unpaired) electrons. The van der Waals surface area contributed by atoms with Gasteiger partial charge in [-0.05, 0) is 6.07 Å². The minimum atomic E-state index is -0.405. The van der Waals surface area contributed by atoms with Gasteiger partial charge in [0.15, 0.2) is 0 Å². The number of benzene rings is 1. The molecule has 118 valence electrons. The van der Waals surface area contributed by atoms with Crippen molar-refractivity contribution < 1.29 is 19.1 Å². The van der Waals surface area contributed by atoms with E-state index in [0.29, 0.717) is 5.02 Å². The average Bonchev–Trinajstić information content (AvgIpc) is 2.81. The largest absolute Gasteiger partial charge is 0.375 e. The highest BCUT2D eigenvalue weighted by Crippen LogP contribution is 2.24. The van der Waals surface area contributed by atoms with E-state index in [1.165, 1.54) is 7.11 Å². The minimum Gasteiger partial charge on any atom is -0.375 e. The molecule has 7 heteroatoms. The number of halogens is 1. The third-order valence-corrected chi connectivity index (χ3v) is 3.82. The number of hydrogen-bond acceptors (Lipinski definition) is 4. The van der Waals surface area contributed by atoms with Gasteiger partial charge in [-0.1, -0.05) is 29.8 Å². The summed E-state index contributed by atoms with van der Waals surface area (Å²) >= 11 is 6.10. The Labute approximate surface area is 133 Å². The molecule has 0 bridgehead atoms. The SMILES string of the molecule is CO[C@@H](CNC(=O)CN1C(=O)CCC1=O)c1ccccc1Cl. The number of imide groups is 1. The zero-order valence-electron chi connectivity index (χ0n) is 12.2. The summed E-state index contributed by atoms with van der Waals surface area (Å²) < 4.78 is 5.33. The molecule has 0 saturated carbocycles. The Morgan fingerprint density at radius 2 is 1.95 bits per heavy atom. The second kappa shape index (κ2) is 7.38. The van der Waals surface area contributed by atoms with E-state index in [0.717, 1.165) is 10.5 Å². The van der Waals surface area contributed by atoms with Gasteiger partial charge in [-0.25, -0.2) is 0 Å². The summed E-state index contributed by atoms with van der Waals surface area (Å²) in [6, 6.07) is 7.20. The lowest BCUT2D eigenvalue weighted by molar-refractivity contribution is -0.142. The van der Waals surface area contributed by atoms with Gasteiger partial charge in [-0.2, -0.15) is 0 Å². The standard InChI is InChI=1S/C15H17ClN2O4/c1-22-12(10-4-2-3-5-11(10)16)8-17-13(19)9-18-14(20)6-7-15(18)21/h2-5,12H,6-9H2,1H3,(H,17,19)/t12-/m0/s1. The molecule has 0 aliphatic carbocycles. The number of ether oxygens (including phenoxy) is 1. The van der Waals surface area contributed by atoms with Crippen LogP contribution in [-0.4, -0.2) is 42.8 Å². The zero-order chi connectivity index (χ0) is 16.1. The van der Waals surface area contributed by atoms with Gasteiger partial charge >= 0.3 is 0 Å². The van der Waals surface area contributed by atoms with Crippen LogP contribution in [0, 0.1) is 0 Å². The maximum absolute atomic E-state index is 11.9. The van der Waals surface area contributed by atoms with Crippen molar-refractivity contribution in [2.75, 3.05) is 20.2 Å². The summed E-state index contributed by atoms with van der Waals surface area (Å²) in [6.45, 7) is -0.0497. The second-order valence-corrected chi connectivity index (χ2v) is 5.33. The molecule has 2 rings (SSSR count). The van der Waals surface area contributed by atoms with E-state index in [-0.39, 0.29) is 37.7 Å². The molecule has 0 spiro atoms. The Balaban J connectivity index is 1.91. The van der Waals surface area contributed by atoms with E-state index in [4.69, 9.17) is 16.3 Å². The topological polar surface area (TPSA) is 75.7 Å². The lowest BCUT2D eigenvalue weighted by Crippen LogP contribution is -2.41. The molecule has 1 aliphatic rings. The first-order valence-electron chi connectivity index (χ1n) is 6.90. The Morgan fingerprint density at radius 3 is 2.55 bits per heavy atom. The maximum Gasteiger partial charge on any atom is 0.240 e. The molecule has 1 aromatic carbocycles.